The van der Waals surface area contributed by atoms with Gasteiger partial charge in [-0.1, -0.05) is 13.8 Å². The minimum absolute atomic E-state index is 0.768. The van der Waals surface area contributed by atoms with E-state index in [1.807, 2.05) is 11.8 Å². The van der Waals surface area contributed by atoms with Crippen LogP contribution < -0.4 is 5.32 Å². The number of nitrogens with zero attached hydrogens (tertiary/aromatic N) is 1. The fraction of sp³-hybridized carbons (Fsp3) is 1.00. The highest BCUT2D eigenvalue weighted by atomic mass is 32.2. The zero-order chi connectivity index (χ0) is 10.8. The van der Waals surface area contributed by atoms with Crippen molar-refractivity contribution in [2.75, 3.05) is 45.2 Å². The second kappa shape index (κ2) is 9.81. The molecule has 0 aliphatic rings. The molecule has 0 aromatic heterocycles. The predicted molar refractivity (Wildman–Crippen MR) is 68.2 cm³/mol. The zero-order valence-corrected chi connectivity index (χ0v) is 11.0. The second-order valence-electron chi connectivity index (χ2n) is 4.25. The van der Waals surface area contributed by atoms with Gasteiger partial charge in [-0.05, 0) is 45.3 Å². The molecule has 0 radical (unpaired) electrons. The quantitative estimate of drug-likeness (QED) is 0.595. The van der Waals surface area contributed by atoms with Crippen LogP contribution in [0, 0.1) is 5.92 Å². The van der Waals surface area contributed by atoms with Gasteiger partial charge in [0.2, 0.25) is 0 Å². The van der Waals surface area contributed by atoms with Gasteiger partial charge in [0.1, 0.15) is 0 Å². The van der Waals surface area contributed by atoms with Crippen molar-refractivity contribution >= 4 is 11.8 Å². The minimum Gasteiger partial charge on any atom is -0.316 e. The highest BCUT2D eigenvalue weighted by Crippen LogP contribution is 1.94. The van der Waals surface area contributed by atoms with Crippen molar-refractivity contribution in [1.82, 2.24) is 10.2 Å². The molecule has 0 amide bonds. The average molecular weight is 218 g/mol. The number of hydrogen-bond acceptors (Lipinski definition) is 3. The summed E-state index contributed by atoms with van der Waals surface area (Å²) in [4.78, 5) is 2.41. The van der Waals surface area contributed by atoms with Gasteiger partial charge < -0.3 is 10.2 Å². The van der Waals surface area contributed by atoms with Crippen molar-refractivity contribution in [2.45, 2.75) is 20.3 Å². The first-order valence-electron chi connectivity index (χ1n) is 5.55. The molecule has 0 bridgehead atoms. The molecule has 2 nitrogen and oxygen atoms in total. The first-order valence-corrected chi connectivity index (χ1v) is 6.94. The summed E-state index contributed by atoms with van der Waals surface area (Å²) in [7, 11) is 2.21. The lowest BCUT2D eigenvalue weighted by molar-refractivity contribution is 0.345. The Morgan fingerprint density at radius 3 is 2.57 bits per heavy atom. The van der Waals surface area contributed by atoms with E-state index in [0.29, 0.717) is 0 Å². The molecule has 0 aromatic carbocycles. The molecule has 0 aliphatic carbocycles. The number of nitrogens with one attached hydrogen (secondary N) is 1. The topological polar surface area (TPSA) is 15.3 Å². The van der Waals surface area contributed by atoms with E-state index in [4.69, 9.17) is 0 Å². The summed E-state index contributed by atoms with van der Waals surface area (Å²) in [5.41, 5.74) is 0. The first kappa shape index (κ1) is 14.3. The van der Waals surface area contributed by atoms with Gasteiger partial charge in [-0.15, -0.1) is 0 Å². The molecule has 0 fully saturated rings. The maximum Gasteiger partial charge on any atom is 0.00692 e. The first-order chi connectivity index (χ1) is 6.66. The molecule has 0 aliphatic heterocycles. The van der Waals surface area contributed by atoms with E-state index in [2.05, 4.69) is 37.4 Å². The lowest BCUT2D eigenvalue weighted by atomic mass is 10.2. The van der Waals surface area contributed by atoms with Gasteiger partial charge in [-0.25, -0.2) is 0 Å². The largest absolute Gasteiger partial charge is 0.316 e. The van der Waals surface area contributed by atoms with E-state index in [9.17, 15) is 0 Å². The van der Waals surface area contributed by atoms with Crippen LogP contribution in [0.1, 0.15) is 20.3 Å². The Morgan fingerprint density at radius 2 is 2.00 bits per heavy atom. The molecule has 0 spiro atoms. The summed E-state index contributed by atoms with van der Waals surface area (Å²) in [5, 5.41) is 3.46. The van der Waals surface area contributed by atoms with Crippen LogP contribution in [0.15, 0.2) is 0 Å². The molecule has 0 aromatic rings. The smallest absolute Gasteiger partial charge is 0.00692 e. The van der Waals surface area contributed by atoms with E-state index >= 15 is 0 Å². The highest BCUT2D eigenvalue weighted by molar-refractivity contribution is 7.98. The van der Waals surface area contributed by atoms with E-state index in [-0.39, 0.29) is 0 Å². The van der Waals surface area contributed by atoms with Crippen LogP contribution in [0.5, 0.6) is 0 Å². The molecule has 0 rings (SSSR count). The number of rotatable bonds is 9. The van der Waals surface area contributed by atoms with Crippen LogP contribution in [-0.2, 0) is 0 Å². The third-order valence-electron chi connectivity index (χ3n) is 2.12. The molecule has 86 valence electrons. The van der Waals surface area contributed by atoms with Crippen molar-refractivity contribution in [2.24, 2.45) is 5.92 Å². The van der Waals surface area contributed by atoms with Crippen molar-refractivity contribution in [3.05, 3.63) is 0 Å². The maximum absolute atomic E-state index is 3.46. The van der Waals surface area contributed by atoms with E-state index in [0.717, 1.165) is 19.0 Å². The molecule has 0 saturated carbocycles. The van der Waals surface area contributed by atoms with Crippen molar-refractivity contribution in [3.8, 4) is 0 Å². The van der Waals surface area contributed by atoms with Gasteiger partial charge in [0.15, 0.2) is 0 Å². The molecule has 3 heteroatoms. The molecule has 0 saturated heterocycles. The lowest BCUT2D eigenvalue weighted by Crippen LogP contribution is -2.27. The van der Waals surface area contributed by atoms with Crippen LogP contribution in [0.2, 0.25) is 0 Å². The molecular formula is C11H26N2S. The Labute approximate surface area is 93.8 Å². The fourth-order valence-corrected chi connectivity index (χ4v) is 1.72. The van der Waals surface area contributed by atoms with Gasteiger partial charge in [-0.3, -0.25) is 0 Å². The standard InChI is InChI=1S/C11H26N2S/c1-11(2)10-12-6-5-7-13(3)8-9-14-4/h11-12H,5-10H2,1-4H3. The van der Waals surface area contributed by atoms with Crippen LogP contribution in [0.4, 0.5) is 0 Å². The second-order valence-corrected chi connectivity index (χ2v) is 5.23. The summed E-state index contributed by atoms with van der Waals surface area (Å²) in [6.45, 7) is 9.22. The Morgan fingerprint density at radius 1 is 1.29 bits per heavy atom. The van der Waals surface area contributed by atoms with Crippen LogP contribution in [-0.4, -0.2) is 50.1 Å². The minimum atomic E-state index is 0.768. The Balaban J connectivity index is 3.10. The maximum atomic E-state index is 3.46. The normalized spacial score (nSPS) is 11.6. The fourth-order valence-electron chi connectivity index (χ4n) is 1.22. The van der Waals surface area contributed by atoms with Crippen LogP contribution >= 0.6 is 11.8 Å². The Hall–Kier alpha value is 0.270. The van der Waals surface area contributed by atoms with Gasteiger partial charge in [0.25, 0.3) is 0 Å². The summed E-state index contributed by atoms with van der Waals surface area (Å²) in [5.74, 6) is 2.01. The van der Waals surface area contributed by atoms with Gasteiger partial charge >= 0.3 is 0 Å². The van der Waals surface area contributed by atoms with Crippen molar-refractivity contribution in [1.29, 1.82) is 0 Å². The van der Waals surface area contributed by atoms with Gasteiger partial charge in [-0.2, -0.15) is 11.8 Å². The SMILES string of the molecule is CSCCN(C)CCCNCC(C)C. The molecule has 14 heavy (non-hydrogen) atoms. The highest BCUT2D eigenvalue weighted by Gasteiger charge is 1.97. The third kappa shape index (κ3) is 10.4. The zero-order valence-electron chi connectivity index (χ0n) is 10.2. The molecule has 0 heterocycles. The van der Waals surface area contributed by atoms with Crippen molar-refractivity contribution in [3.63, 3.8) is 0 Å². The molecule has 0 atom stereocenters. The Kier molecular flexibility index (Phi) is 10.0. The third-order valence-corrected chi connectivity index (χ3v) is 2.71. The summed E-state index contributed by atoms with van der Waals surface area (Å²) in [6, 6.07) is 0. The summed E-state index contributed by atoms with van der Waals surface area (Å²) < 4.78 is 0. The van der Waals surface area contributed by atoms with Gasteiger partial charge in [0.05, 0.1) is 0 Å². The van der Waals surface area contributed by atoms with E-state index in [1.54, 1.807) is 0 Å². The number of hydrogen-bond donors (Lipinski definition) is 1. The lowest BCUT2D eigenvalue weighted by Gasteiger charge is -2.16. The van der Waals surface area contributed by atoms with Crippen molar-refractivity contribution < 1.29 is 0 Å². The molecule has 1 N–H and O–H groups in total. The predicted octanol–water partition coefficient (Wildman–Crippen LogP) is 1.92. The summed E-state index contributed by atoms with van der Waals surface area (Å²) in [6.07, 6.45) is 3.43. The van der Waals surface area contributed by atoms with Crippen LogP contribution in [0.25, 0.3) is 0 Å². The van der Waals surface area contributed by atoms with Crippen LogP contribution in [0.3, 0.4) is 0 Å². The Bertz CT molecular complexity index is 118. The van der Waals surface area contributed by atoms with Gasteiger partial charge in [0, 0.05) is 12.3 Å². The van der Waals surface area contributed by atoms with E-state index < -0.39 is 0 Å². The van der Waals surface area contributed by atoms with E-state index in [1.165, 1.54) is 25.3 Å². The average Bonchev–Trinajstić information content (AvgIpc) is 2.13. The summed E-state index contributed by atoms with van der Waals surface area (Å²) >= 11 is 1.92. The molecule has 0 unspecified atom stereocenters. The monoisotopic (exact) mass is 218 g/mol. The molecular weight excluding hydrogens is 192 g/mol. The number of thioether (sulfide) groups is 1.